The molecule has 1 saturated carbocycles. The lowest BCUT2D eigenvalue weighted by molar-refractivity contribution is -0.0363. The van der Waals surface area contributed by atoms with Crippen molar-refractivity contribution >= 4 is 0 Å². The first kappa shape index (κ1) is 16.0. The Hall–Kier alpha value is -1.41. The van der Waals surface area contributed by atoms with E-state index in [1.807, 2.05) is 0 Å². The van der Waals surface area contributed by atoms with Gasteiger partial charge in [-0.15, -0.1) is 0 Å². The van der Waals surface area contributed by atoms with Crippen LogP contribution in [0.2, 0.25) is 0 Å². The Kier molecular flexibility index (Phi) is 6.19. The van der Waals surface area contributed by atoms with Gasteiger partial charge in [-0.1, -0.05) is 17.9 Å². The molecule has 1 aromatic rings. The summed E-state index contributed by atoms with van der Waals surface area (Å²) in [7, 11) is 1.74. The summed E-state index contributed by atoms with van der Waals surface area (Å²) in [5.74, 6) is 5.37. The SMILES string of the molecule is COC1CCCC(OCc2ccc(F)cc2C#CCN)C1. The van der Waals surface area contributed by atoms with Crippen molar-refractivity contribution in [3.8, 4) is 11.8 Å². The lowest BCUT2D eigenvalue weighted by Gasteiger charge is -2.28. The van der Waals surface area contributed by atoms with E-state index < -0.39 is 0 Å². The number of hydrogen-bond acceptors (Lipinski definition) is 3. The van der Waals surface area contributed by atoms with E-state index in [1.54, 1.807) is 13.2 Å². The molecule has 0 bridgehead atoms. The predicted octanol–water partition coefficient (Wildman–Crippen LogP) is 2.61. The molecule has 3 nitrogen and oxygen atoms in total. The molecule has 2 unspecified atom stereocenters. The number of ether oxygens (including phenoxy) is 2. The number of nitrogens with two attached hydrogens (primary N) is 1. The van der Waals surface area contributed by atoms with Crippen LogP contribution in [0.1, 0.15) is 36.8 Å². The van der Waals surface area contributed by atoms with Crippen molar-refractivity contribution in [2.45, 2.75) is 44.5 Å². The molecular formula is C17H22FNO2. The highest BCUT2D eigenvalue weighted by Crippen LogP contribution is 2.24. The van der Waals surface area contributed by atoms with Gasteiger partial charge >= 0.3 is 0 Å². The maximum absolute atomic E-state index is 13.3. The van der Waals surface area contributed by atoms with Gasteiger partial charge in [-0.3, -0.25) is 0 Å². The van der Waals surface area contributed by atoms with E-state index in [0.29, 0.717) is 12.2 Å². The van der Waals surface area contributed by atoms with Crippen molar-refractivity contribution in [1.82, 2.24) is 0 Å². The third-order valence-corrected chi connectivity index (χ3v) is 3.78. The van der Waals surface area contributed by atoms with Crippen LogP contribution < -0.4 is 5.73 Å². The summed E-state index contributed by atoms with van der Waals surface area (Å²) in [6.07, 6.45) is 4.66. The summed E-state index contributed by atoms with van der Waals surface area (Å²) >= 11 is 0. The Morgan fingerprint density at radius 1 is 1.33 bits per heavy atom. The van der Waals surface area contributed by atoms with E-state index in [-0.39, 0.29) is 24.6 Å². The first-order chi connectivity index (χ1) is 10.2. The van der Waals surface area contributed by atoms with Crippen molar-refractivity contribution in [3.05, 3.63) is 35.1 Å². The molecule has 0 saturated heterocycles. The monoisotopic (exact) mass is 291 g/mol. The highest BCUT2D eigenvalue weighted by molar-refractivity contribution is 5.41. The average Bonchev–Trinajstić information content (AvgIpc) is 2.52. The lowest BCUT2D eigenvalue weighted by atomic mass is 9.95. The molecule has 114 valence electrons. The Labute approximate surface area is 125 Å². The Morgan fingerprint density at radius 3 is 2.90 bits per heavy atom. The third kappa shape index (κ3) is 4.82. The van der Waals surface area contributed by atoms with Gasteiger partial charge in [-0.05, 0) is 43.4 Å². The molecule has 1 aliphatic rings. The largest absolute Gasteiger partial charge is 0.381 e. The maximum Gasteiger partial charge on any atom is 0.124 e. The summed E-state index contributed by atoms with van der Waals surface area (Å²) in [6.45, 7) is 0.699. The van der Waals surface area contributed by atoms with Crippen molar-refractivity contribution in [3.63, 3.8) is 0 Å². The van der Waals surface area contributed by atoms with E-state index in [1.165, 1.54) is 12.1 Å². The van der Waals surface area contributed by atoms with Gasteiger partial charge in [0.05, 0.1) is 25.4 Å². The molecule has 0 aliphatic heterocycles. The molecule has 0 amide bonds. The highest BCUT2D eigenvalue weighted by atomic mass is 19.1. The minimum atomic E-state index is -0.294. The van der Waals surface area contributed by atoms with Crippen LogP contribution in [0.3, 0.4) is 0 Å². The quantitative estimate of drug-likeness (QED) is 0.867. The van der Waals surface area contributed by atoms with Crippen LogP contribution in [0.5, 0.6) is 0 Å². The van der Waals surface area contributed by atoms with Crippen LogP contribution in [0.15, 0.2) is 18.2 Å². The smallest absolute Gasteiger partial charge is 0.124 e. The van der Waals surface area contributed by atoms with Crippen LogP contribution >= 0.6 is 0 Å². The molecule has 4 heteroatoms. The van der Waals surface area contributed by atoms with Crippen LogP contribution in [0, 0.1) is 17.7 Å². The molecule has 0 spiro atoms. The molecule has 2 rings (SSSR count). The first-order valence-corrected chi connectivity index (χ1v) is 7.34. The normalized spacial score (nSPS) is 21.7. The number of rotatable bonds is 4. The lowest BCUT2D eigenvalue weighted by Crippen LogP contribution is -2.27. The van der Waals surface area contributed by atoms with Gasteiger partial charge in [0.2, 0.25) is 0 Å². The predicted molar refractivity (Wildman–Crippen MR) is 80.2 cm³/mol. The maximum atomic E-state index is 13.3. The number of halogens is 1. The topological polar surface area (TPSA) is 44.5 Å². The standard InChI is InChI=1S/C17H22FNO2/c1-20-16-5-2-6-17(11-16)21-12-14-7-8-15(18)10-13(14)4-3-9-19/h7-8,10,16-17H,2,5-6,9,11-12,19H2,1H3. The van der Waals surface area contributed by atoms with Crippen LogP contribution in [-0.4, -0.2) is 25.9 Å². The molecule has 21 heavy (non-hydrogen) atoms. The van der Waals surface area contributed by atoms with Gasteiger partial charge in [0.1, 0.15) is 5.82 Å². The van der Waals surface area contributed by atoms with E-state index in [4.69, 9.17) is 15.2 Å². The summed E-state index contributed by atoms with van der Waals surface area (Å²) in [5, 5.41) is 0. The Bertz CT molecular complexity index is 521. The van der Waals surface area contributed by atoms with E-state index in [9.17, 15) is 4.39 Å². The summed E-state index contributed by atoms with van der Waals surface area (Å²) in [5.41, 5.74) is 6.93. The van der Waals surface area contributed by atoms with Crippen LogP contribution in [-0.2, 0) is 16.1 Å². The van der Waals surface area contributed by atoms with Crippen molar-refractivity contribution in [2.75, 3.05) is 13.7 Å². The molecule has 2 N–H and O–H groups in total. The van der Waals surface area contributed by atoms with Gasteiger partial charge in [0.15, 0.2) is 0 Å². The summed E-state index contributed by atoms with van der Waals surface area (Å²) < 4.78 is 24.7. The minimum Gasteiger partial charge on any atom is -0.381 e. The van der Waals surface area contributed by atoms with Gasteiger partial charge in [-0.2, -0.15) is 0 Å². The minimum absolute atomic E-state index is 0.198. The van der Waals surface area contributed by atoms with Crippen molar-refractivity contribution < 1.29 is 13.9 Å². The molecule has 2 atom stereocenters. The van der Waals surface area contributed by atoms with E-state index >= 15 is 0 Å². The number of benzene rings is 1. The van der Waals surface area contributed by atoms with Crippen molar-refractivity contribution in [2.24, 2.45) is 5.73 Å². The highest BCUT2D eigenvalue weighted by Gasteiger charge is 2.22. The molecule has 1 aliphatic carbocycles. The molecule has 0 heterocycles. The molecular weight excluding hydrogens is 269 g/mol. The van der Waals surface area contributed by atoms with Gasteiger partial charge in [0.25, 0.3) is 0 Å². The first-order valence-electron chi connectivity index (χ1n) is 7.34. The molecule has 0 radical (unpaired) electrons. The Balaban J connectivity index is 1.99. The van der Waals surface area contributed by atoms with Gasteiger partial charge in [0, 0.05) is 12.7 Å². The van der Waals surface area contributed by atoms with Gasteiger partial charge in [-0.25, -0.2) is 4.39 Å². The van der Waals surface area contributed by atoms with Crippen molar-refractivity contribution in [1.29, 1.82) is 0 Å². The second kappa shape index (κ2) is 8.14. The van der Waals surface area contributed by atoms with Crippen LogP contribution in [0.4, 0.5) is 4.39 Å². The fourth-order valence-electron chi connectivity index (χ4n) is 2.61. The van der Waals surface area contributed by atoms with E-state index in [2.05, 4.69) is 11.8 Å². The Morgan fingerprint density at radius 2 is 2.14 bits per heavy atom. The summed E-state index contributed by atoms with van der Waals surface area (Å²) in [4.78, 5) is 0. The summed E-state index contributed by atoms with van der Waals surface area (Å²) in [6, 6.07) is 4.60. The second-order valence-corrected chi connectivity index (χ2v) is 5.26. The second-order valence-electron chi connectivity index (χ2n) is 5.26. The molecule has 0 aromatic heterocycles. The fraction of sp³-hybridized carbons (Fsp3) is 0.529. The zero-order chi connectivity index (χ0) is 15.1. The zero-order valence-corrected chi connectivity index (χ0v) is 12.4. The number of hydrogen-bond donors (Lipinski definition) is 1. The molecule has 1 fully saturated rings. The average molecular weight is 291 g/mol. The van der Waals surface area contributed by atoms with Gasteiger partial charge < -0.3 is 15.2 Å². The van der Waals surface area contributed by atoms with E-state index in [0.717, 1.165) is 31.2 Å². The molecule has 1 aromatic carbocycles. The third-order valence-electron chi connectivity index (χ3n) is 3.78. The van der Waals surface area contributed by atoms with Crippen LogP contribution in [0.25, 0.3) is 0 Å². The zero-order valence-electron chi connectivity index (χ0n) is 12.4. The fourth-order valence-corrected chi connectivity index (χ4v) is 2.61. The number of methoxy groups -OCH3 is 1.